The standard InChI is InChI=1S/C20H20FNO5.C2H6/c1-22(2)13-8-6-11(10-15(13)25-4)18-16(21)17(23)12-7-9-14(24-3)20(26-5)19(12)27-18;1-2/h6-10H,1-5H3;1-2H3. The minimum atomic E-state index is -0.977. The van der Waals surface area contributed by atoms with E-state index in [1.54, 1.807) is 18.2 Å². The van der Waals surface area contributed by atoms with Gasteiger partial charge in [0, 0.05) is 19.7 Å². The van der Waals surface area contributed by atoms with Crippen LogP contribution in [0.2, 0.25) is 0 Å². The van der Waals surface area contributed by atoms with Crippen molar-refractivity contribution in [2.45, 2.75) is 13.8 Å². The van der Waals surface area contributed by atoms with Crippen molar-refractivity contribution in [1.82, 2.24) is 0 Å². The second-order valence-electron chi connectivity index (χ2n) is 6.03. The van der Waals surface area contributed by atoms with Crippen molar-refractivity contribution >= 4 is 16.7 Å². The lowest BCUT2D eigenvalue weighted by Gasteiger charge is -2.17. The van der Waals surface area contributed by atoms with Gasteiger partial charge in [0.15, 0.2) is 17.1 Å². The molecule has 0 N–H and O–H groups in total. The SMILES string of the molecule is CC.COc1cc(-c2oc3c(OC)c(OC)ccc3c(=O)c2F)ccc1N(C)C. The molecule has 0 radical (unpaired) electrons. The third kappa shape index (κ3) is 3.99. The molecule has 2 aromatic carbocycles. The van der Waals surface area contributed by atoms with E-state index in [4.69, 9.17) is 18.6 Å². The van der Waals surface area contributed by atoms with E-state index in [9.17, 15) is 9.18 Å². The molecule has 7 heteroatoms. The quantitative estimate of drug-likeness (QED) is 0.615. The van der Waals surface area contributed by atoms with Gasteiger partial charge in [-0.05, 0) is 30.3 Å². The Hall–Kier alpha value is -3.22. The highest BCUT2D eigenvalue weighted by Crippen LogP contribution is 2.38. The van der Waals surface area contributed by atoms with Crippen molar-refractivity contribution in [2.75, 3.05) is 40.3 Å². The van der Waals surface area contributed by atoms with Gasteiger partial charge in [-0.15, -0.1) is 0 Å². The Bertz CT molecular complexity index is 1060. The summed E-state index contributed by atoms with van der Waals surface area (Å²) in [6, 6.07) is 8.03. The van der Waals surface area contributed by atoms with Crippen molar-refractivity contribution < 1.29 is 23.0 Å². The maximum atomic E-state index is 14.8. The molecular formula is C22H26FNO5. The summed E-state index contributed by atoms with van der Waals surface area (Å²) in [5.41, 5.74) is 0.527. The summed E-state index contributed by atoms with van der Waals surface area (Å²) in [5, 5.41) is 0.0748. The van der Waals surface area contributed by atoms with E-state index in [0.29, 0.717) is 17.1 Å². The van der Waals surface area contributed by atoms with Crippen LogP contribution in [0.3, 0.4) is 0 Å². The maximum absolute atomic E-state index is 14.8. The van der Waals surface area contributed by atoms with E-state index < -0.39 is 11.2 Å². The second kappa shape index (κ2) is 9.32. The molecule has 3 rings (SSSR count). The van der Waals surface area contributed by atoms with Crippen molar-refractivity contribution in [3.8, 4) is 28.6 Å². The summed E-state index contributed by atoms with van der Waals surface area (Å²) < 4.78 is 36.5. The molecule has 0 saturated heterocycles. The Morgan fingerprint density at radius 3 is 2.14 bits per heavy atom. The predicted molar refractivity (Wildman–Crippen MR) is 113 cm³/mol. The molecule has 0 atom stereocenters. The highest BCUT2D eigenvalue weighted by atomic mass is 19.1. The van der Waals surface area contributed by atoms with E-state index in [1.807, 2.05) is 32.8 Å². The lowest BCUT2D eigenvalue weighted by atomic mass is 10.1. The van der Waals surface area contributed by atoms with Gasteiger partial charge in [-0.25, -0.2) is 0 Å². The monoisotopic (exact) mass is 403 g/mol. The third-order valence-electron chi connectivity index (χ3n) is 4.27. The minimum Gasteiger partial charge on any atom is -0.495 e. The van der Waals surface area contributed by atoms with Gasteiger partial charge < -0.3 is 23.5 Å². The van der Waals surface area contributed by atoms with E-state index in [-0.39, 0.29) is 22.5 Å². The third-order valence-corrected chi connectivity index (χ3v) is 4.27. The van der Waals surface area contributed by atoms with Gasteiger partial charge in [0.05, 0.1) is 32.4 Å². The van der Waals surface area contributed by atoms with E-state index in [1.165, 1.54) is 33.5 Å². The van der Waals surface area contributed by atoms with Crippen LogP contribution >= 0.6 is 0 Å². The molecule has 0 spiro atoms. The first kappa shape index (κ1) is 22.1. The molecule has 3 aromatic rings. The molecule has 0 aliphatic rings. The topological polar surface area (TPSA) is 61.1 Å². The summed E-state index contributed by atoms with van der Waals surface area (Å²) in [6.07, 6.45) is 0. The lowest BCUT2D eigenvalue weighted by molar-refractivity contribution is 0.352. The Labute approximate surface area is 169 Å². The van der Waals surface area contributed by atoms with Crippen molar-refractivity contribution in [2.24, 2.45) is 0 Å². The molecule has 0 bridgehead atoms. The number of halogens is 1. The number of methoxy groups -OCH3 is 3. The molecule has 1 aromatic heterocycles. The maximum Gasteiger partial charge on any atom is 0.229 e. The van der Waals surface area contributed by atoms with Crippen LogP contribution < -0.4 is 24.5 Å². The zero-order valence-corrected chi connectivity index (χ0v) is 17.8. The summed E-state index contributed by atoms with van der Waals surface area (Å²) >= 11 is 0. The van der Waals surface area contributed by atoms with Crippen LogP contribution in [0.4, 0.5) is 10.1 Å². The fourth-order valence-corrected chi connectivity index (χ4v) is 2.92. The van der Waals surface area contributed by atoms with Gasteiger partial charge in [-0.2, -0.15) is 4.39 Å². The normalized spacial score (nSPS) is 10.2. The average Bonchev–Trinajstić information content (AvgIpc) is 2.75. The van der Waals surface area contributed by atoms with Gasteiger partial charge in [0.1, 0.15) is 5.75 Å². The molecule has 6 nitrogen and oxygen atoms in total. The van der Waals surface area contributed by atoms with Crippen LogP contribution in [0.5, 0.6) is 17.2 Å². The zero-order chi connectivity index (χ0) is 21.7. The number of fused-ring (bicyclic) bond motifs is 1. The lowest BCUT2D eigenvalue weighted by Crippen LogP contribution is -2.11. The Kier molecular flexibility index (Phi) is 7.09. The fourth-order valence-electron chi connectivity index (χ4n) is 2.92. The van der Waals surface area contributed by atoms with Crippen molar-refractivity contribution in [3.63, 3.8) is 0 Å². The number of hydrogen-bond donors (Lipinski definition) is 0. The van der Waals surface area contributed by atoms with Gasteiger partial charge in [-0.1, -0.05) is 13.8 Å². The van der Waals surface area contributed by atoms with E-state index in [0.717, 1.165) is 5.69 Å². The summed E-state index contributed by atoms with van der Waals surface area (Å²) in [5.74, 6) is -0.0363. The van der Waals surface area contributed by atoms with E-state index in [2.05, 4.69) is 0 Å². The number of ether oxygens (including phenoxy) is 3. The van der Waals surface area contributed by atoms with E-state index >= 15 is 0 Å². The Balaban J connectivity index is 0.00000145. The molecule has 29 heavy (non-hydrogen) atoms. The van der Waals surface area contributed by atoms with Crippen LogP contribution in [0.1, 0.15) is 13.8 Å². The molecule has 0 fully saturated rings. The molecule has 0 saturated carbocycles. The molecule has 0 amide bonds. The first-order valence-electron chi connectivity index (χ1n) is 9.16. The van der Waals surface area contributed by atoms with Crippen LogP contribution in [0.15, 0.2) is 39.5 Å². The van der Waals surface area contributed by atoms with Crippen LogP contribution in [-0.2, 0) is 0 Å². The number of benzene rings is 2. The highest BCUT2D eigenvalue weighted by molar-refractivity contribution is 5.87. The fraction of sp³-hybridized carbons (Fsp3) is 0.318. The molecule has 156 valence electrons. The highest BCUT2D eigenvalue weighted by Gasteiger charge is 2.21. The molecule has 1 heterocycles. The number of hydrogen-bond acceptors (Lipinski definition) is 6. The van der Waals surface area contributed by atoms with Gasteiger partial charge in [0.2, 0.25) is 17.0 Å². The number of anilines is 1. The molecule has 0 unspecified atom stereocenters. The zero-order valence-electron chi connectivity index (χ0n) is 17.8. The van der Waals surface area contributed by atoms with Gasteiger partial charge in [-0.3, -0.25) is 4.79 Å². The first-order chi connectivity index (χ1) is 13.9. The Morgan fingerprint density at radius 2 is 1.59 bits per heavy atom. The molecule has 0 aliphatic carbocycles. The van der Waals surface area contributed by atoms with Crippen molar-refractivity contribution in [3.05, 3.63) is 46.4 Å². The van der Waals surface area contributed by atoms with Crippen LogP contribution in [0.25, 0.3) is 22.3 Å². The first-order valence-corrected chi connectivity index (χ1v) is 9.16. The largest absolute Gasteiger partial charge is 0.495 e. The number of rotatable bonds is 5. The van der Waals surface area contributed by atoms with Gasteiger partial charge >= 0.3 is 0 Å². The summed E-state index contributed by atoms with van der Waals surface area (Å²) in [4.78, 5) is 14.4. The van der Waals surface area contributed by atoms with Crippen molar-refractivity contribution in [1.29, 1.82) is 0 Å². The van der Waals surface area contributed by atoms with Crippen LogP contribution in [0, 0.1) is 5.82 Å². The smallest absolute Gasteiger partial charge is 0.229 e. The number of nitrogens with zero attached hydrogens (tertiary/aromatic N) is 1. The minimum absolute atomic E-state index is 0.0748. The predicted octanol–water partition coefficient (Wildman–Crippen LogP) is 4.72. The molecular weight excluding hydrogens is 377 g/mol. The van der Waals surface area contributed by atoms with Gasteiger partial charge in [0.25, 0.3) is 0 Å². The average molecular weight is 403 g/mol. The summed E-state index contributed by atoms with van der Waals surface area (Å²) in [6.45, 7) is 4.00. The van der Waals surface area contributed by atoms with Crippen LogP contribution in [-0.4, -0.2) is 35.4 Å². The summed E-state index contributed by atoms with van der Waals surface area (Å²) in [7, 11) is 8.15. The Morgan fingerprint density at radius 1 is 0.931 bits per heavy atom. The molecule has 0 aliphatic heterocycles. The second-order valence-corrected chi connectivity index (χ2v) is 6.03.